The second kappa shape index (κ2) is 8.67. The lowest BCUT2D eigenvalue weighted by atomic mass is 10.2. The fraction of sp³-hybridized carbons (Fsp3) is 0.562. The molecule has 0 bridgehead atoms. The minimum absolute atomic E-state index is 0.315. The van der Waals surface area contributed by atoms with Gasteiger partial charge in [-0.15, -0.1) is 21.5 Å². The van der Waals surface area contributed by atoms with E-state index >= 15 is 0 Å². The van der Waals surface area contributed by atoms with Crippen LogP contribution in [0.1, 0.15) is 36.3 Å². The van der Waals surface area contributed by atoms with Gasteiger partial charge in [0.05, 0.1) is 0 Å². The molecule has 0 fully saturated rings. The normalized spacial score (nSPS) is 13.1. The molecule has 0 spiro atoms. The van der Waals surface area contributed by atoms with Crippen LogP contribution in [0.3, 0.4) is 0 Å². The van der Waals surface area contributed by atoms with E-state index in [2.05, 4.69) is 65.7 Å². The summed E-state index contributed by atoms with van der Waals surface area (Å²) in [4.78, 5) is 7.37. The highest BCUT2D eigenvalue weighted by Gasteiger charge is 2.08. The van der Waals surface area contributed by atoms with Crippen molar-refractivity contribution in [1.29, 1.82) is 0 Å². The first-order valence-corrected chi connectivity index (χ1v) is 8.90. The van der Waals surface area contributed by atoms with Gasteiger partial charge in [0.1, 0.15) is 12.9 Å². The Hall–Kier alpha value is -1.89. The van der Waals surface area contributed by atoms with E-state index < -0.39 is 0 Å². The third-order valence-electron chi connectivity index (χ3n) is 3.45. The smallest absolute Gasteiger partial charge is 0.191 e. The van der Waals surface area contributed by atoms with Gasteiger partial charge in [-0.1, -0.05) is 0 Å². The molecule has 126 valence electrons. The van der Waals surface area contributed by atoms with Crippen LogP contribution in [0.15, 0.2) is 23.5 Å². The quantitative estimate of drug-likeness (QED) is 0.602. The summed E-state index contributed by atoms with van der Waals surface area (Å²) < 4.78 is 2.00. The Kier molecular flexibility index (Phi) is 6.58. The van der Waals surface area contributed by atoms with Crippen LogP contribution >= 0.6 is 11.3 Å². The average Bonchev–Trinajstić information content (AvgIpc) is 3.13. The average molecular weight is 334 g/mol. The molecule has 2 aromatic heterocycles. The summed E-state index contributed by atoms with van der Waals surface area (Å²) in [6, 6.07) is 4.69. The number of aromatic nitrogens is 3. The summed E-state index contributed by atoms with van der Waals surface area (Å²) in [7, 11) is 0. The summed E-state index contributed by atoms with van der Waals surface area (Å²) in [6.45, 7) is 10.7. The van der Waals surface area contributed by atoms with E-state index in [0.717, 1.165) is 31.3 Å². The first kappa shape index (κ1) is 17.5. The van der Waals surface area contributed by atoms with Crippen molar-refractivity contribution in [2.24, 2.45) is 4.99 Å². The zero-order valence-electron chi connectivity index (χ0n) is 14.3. The zero-order chi connectivity index (χ0) is 16.7. The number of aliphatic imine (C=N–C) groups is 1. The number of nitrogens with one attached hydrogen (secondary N) is 2. The number of hydrogen-bond donors (Lipinski definition) is 2. The van der Waals surface area contributed by atoms with Crippen molar-refractivity contribution in [2.75, 3.05) is 6.54 Å². The van der Waals surface area contributed by atoms with E-state index in [1.54, 1.807) is 6.33 Å². The minimum Gasteiger partial charge on any atom is -0.357 e. The largest absolute Gasteiger partial charge is 0.357 e. The van der Waals surface area contributed by atoms with Gasteiger partial charge in [0, 0.05) is 35.3 Å². The van der Waals surface area contributed by atoms with Crippen molar-refractivity contribution in [1.82, 2.24) is 25.4 Å². The lowest BCUT2D eigenvalue weighted by Gasteiger charge is -2.17. The van der Waals surface area contributed by atoms with Crippen LogP contribution in [0.4, 0.5) is 0 Å². The van der Waals surface area contributed by atoms with Crippen LogP contribution in [0, 0.1) is 6.92 Å². The molecule has 0 aliphatic heterocycles. The molecule has 2 rings (SSSR count). The van der Waals surface area contributed by atoms with Gasteiger partial charge in [-0.25, -0.2) is 4.99 Å². The van der Waals surface area contributed by atoms with Gasteiger partial charge >= 0.3 is 0 Å². The van der Waals surface area contributed by atoms with Gasteiger partial charge in [-0.2, -0.15) is 0 Å². The van der Waals surface area contributed by atoms with E-state index in [-0.39, 0.29) is 0 Å². The predicted octanol–water partition coefficient (Wildman–Crippen LogP) is 2.35. The molecule has 2 heterocycles. The molecule has 0 aromatic carbocycles. The molecule has 0 saturated heterocycles. The Morgan fingerprint density at radius 1 is 1.39 bits per heavy atom. The molecule has 1 atom stereocenters. The molecular formula is C16H26N6S. The van der Waals surface area contributed by atoms with Crippen molar-refractivity contribution < 1.29 is 0 Å². The van der Waals surface area contributed by atoms with Crippen LogP contribution in [0.25, 0.3) is 0 Å². The Labute approximate surface area is 142 Å². The number of aryl methyl sites for hydroxylation is 2. The Morgan fingerprint density at radius 3 is 2.87 bits per heavy atom. The summed E-state index contributed by atoms with van der Waals surface area (Å²) >= 11 is 1.85. The van der Waals surface area contributed by atoms with Gasteiger partial charge < -0.3 is 15.2 Å². The molecular weight excluding hydrogens is 308 g/mol. The third kappa shape index (κ3) is 5.35. The number of hydrogen-bond acceptors (Lipinski definition) is 4. The highest BCUT2D eigenvalue weighted by molar-refractivity contribution is 7.11. The monoisotopic (exact) mass is 334 g/mol. The molecule has 2 N–H and O–H groups in total. The summed E-state index contributed by atoms with van der Waals surface area (Å²) in [5.74, 6) is 1.70. The third-order valence-corrected chi connectivity index (χ3v) is 4.47. The fourth-order valence-corrected chi connectivity index (χ4v) is 3.34. The van der Waals surface area contributed by atoms with Crippen molar-refractivity contribution in [3.8, 4) is 0 Å². The lowest BCUT2D eigenvalue weighted by Crippen LogP contribution is -2.43. The van der Waals surface area contributed by atoms with Crippen LogP contribution < -0.4 is 10.6 Å². The molecule has 0 amide bonds. The minimum atomic E-state index is 0.315. The summed E-state index contributed by atoms with van der Waals surface area (Å²) in [5.41, 5.74) is 0. The Balaban J connectivity index is 1.95. The van der Waals surface area contributed by atoms with Crippen LogP contribution in [-0.2, 0) is 19.5 Å². The van der Waals surface area contributed by atoms with Crippen molar-refractivity contribution in [3.05, 3.63) is 34.0 Å². The maximum atomic E-state index is 4.63. The zero-order valence-corrected chi connectivity index (χ0v) is 15.2. The number of thiophene rings is 1. The van der Waals surface area contributed by atoms with Crippen molar-refractivity contribution >= 4 is 17.3 Å². The topological polar surface area (TPSA) is 67.1 Å². The Morgan fingerprint density at radius 2 is 2.22 bits per heavy atom. The molecule has 0 radical (unpaired) electrons. The number of rotatable bonds is 7. The highest BCUT2D eigenvalue weighted by atomic mass is 32.1. The van der Waals surface area contributed by atoms with E-state index in [1.807, 2.05) is 15.9 Å². The molecule has 23 heavy (non-hydrogen) atoms. The number of nitrogens with zero attached hydrogens (tertiary/aromatic N) is 4. The molecule has 0 aliphatic carbocycles. The van der Waals surface area contributed by atoms with Crippen LogP contribution in [0.2, 0.25) is 0 Å². The van der Waals surface area contributed by atoms with Gasteiger partial charge in [0.2, 0.25) is 0 Å². The van der Waals surface area contributed by atoms with Crippen LogP contribution in [0.5, 0.6) is 0 Å². The second-order valence-corrected chi connectivity index (χ2v) is 6.86. The van der Waals surface area contributed by atoms with Crippen molar-refractivity contribution in [2.45, 2.75) is 53.2 Å². The van der Waals surface area contributed by atoms with E-state index in [9.17, 15) is 0 Å². The lowest BCUT2D eigenvalue weighted by molar-refractivity contribution is 0.640. The maximum Gasteiger partial charge on any atom is 0.191 e. The number of guanidine groups is 1. The first-order chi connectivity index (χ1) is 11.1. The first-order valence-electron chi connectivity index (χ1n) is 8.09. The molecule has 0 saturated carbocycles. The van der Waals surface area contributed by atoms with E-state index in [1.165, 1.54) is 9.75 Å². The maximum absolute atomic E-state index is 4.63. The van der Waals surface area contributed by atoms with Gasteiger partial charge in [-0.3, -0.25) is 0 Å². The van der Waals surface area contributed by atoms with Gasteiger partial charge in [0.15, 0.2) is 11.8 Å². The van der Waals surface area contributed by atoms with Gasteiger partial charge in [-0.05, 0) is 39.8 Å². The van der Waals surface area contributed by atoms with Gasteiger partial charge in [0.25, 0.3) is 0 Å². The van der Waals surface area contributed by atoms with Crippen LogP contribution in [-0.4, -0.2) is 33.3 Å². The molecule has 1 unspecified atom stereocenters. The van der Waals surface area contributed by atoms with E-state index in [4.69, 9.17) is 0 Å². The standard InChI is InChI=1S/C16H26N6S/c1-5-17-16(18-10-15-21-19-11-22(15)6-2)20-12(3)9-14-8-7-13(4)23-14/h7-8,11-12H,5-6,9-10H2,1-4H3,(H2,17,18,20). The SMILES string of the molecule is CCNC(=NCc1nncn1CC)NC(C)Cc1ccc(C)s1. The second-order valence-electron chi connectivity index (χ2n) is 5.49. The van der Waals surface area contributed by atoms with Crippen molar-refractivity contribution in [3.63, 3.8) is 0 Å². The molecule has 7 heteroatoms. The molecule has 6 nitrogen and oxygen atoms in total. The van der Waals surface area contributed by atoms with E-state index in [0.29, 0.717) is 12.6 Å². The summed E-state index contributed by atoms with van der Waals surface area (Å²) in [5, 5.41) is 14.8. The summed E-state index contributed by atoms with van der Waals surface area (Å²) in [6.07, 6.45) is 2.74. The fourth-order valence-electron chi connectivity index (χ4n) is 2.32. The molecule has 0 aliphatic rings. The Bertz CT molecular complexity index is 630. The molecule has 2 aromatic rings. The predicted molar refractivity (Wildman–Crippen MR) is 95.9 cm³/mol. The highest BCUT2D eigenvalue weighted by Crippen LogP contribution is 2.16.